The van der Waals surface area contributed by atoms with Crippen LogP contribution in [-0.2, 0) is 22.5 Å². The smallest absolute Gasteiger partial charge is 0.274 e. The lowest BCUT2D eigenvalue weighted by Crippen LogP contribution is -2.13. The van der Waals surface area contributed by atoms with Crippen LogP contribution in [0.15, 0.2) is 0 Å². The van der Waals surface area contributed by atoms with Crippen LogP contribution in [0.3, 0.4) is 0 Å². The Morgan fingerprint density at radius 2 is 1.31 bits per heavy atom. The highest BCUT2D eigenvalue weighted by Crippen LogP contribution is 2.55. The van der Waals surface area contributed by atoms with Crippen molar-refractivity contribution in [1.82, 2.24) is 0 Å². The second kappa shape index (κ2) is 5.22. The highest BCUT2D eigenvalue weighted by molar-refractivity contribution is 7.59. The van der Waals surface area contributed by atoms with Crippen molar-refractivity contribution in [3.05, 3.63) is 0 Å². The standard InChI is InChI=1S/C4H12O7P2/c1-3-9-12(5,6)11-13(7,8)10-4-2/h3-4H2,1-2H3,(H,5,6)(H,7,8)/p-2. The van der Waals surface area contributed by atoms with Crippen molar-refractivity contribution < 1.29 is 32.3 Å². The molecule has 0 aromatic rings. The summed E-state index contributed by atoms with van der Waals surface area (Å²) in [6, 6.07) is 0. The van der Waals surface area contributed by atoms with Crippen molar-refractivity contribution in [1.29, 1.82) is 0 Å². The third kappa shape index (κ3) is 6.35. The van der Waals surface area contributed by atoms with Crippen molar-refractivity contribution in [3.8, 4) is 0 Å². The first kappa shape index (κ1) is 13.3. The van der Waals surface area contributed by atoms with Crippen LogP contribution in [0.5, 0.6) is 0 Å². The quantitative estimate of drug-likeness (QED) is 0.593. The van der Waals surface area contributed by atoms with E-state index < -0.39 is 15.6 Å². The molecule has 0 N–H and O–H groups in total. The predicted molar refractivity (Wildman–Crippen MR) is 39.6 cm³/mol. The lowest BCUT2D eigenvalue weighted by molar-refractivity contribution is -0.243. The maximum atomic E-state index is 10.7. The molecule has 0 aromatic carbocycles. The fourth-order valence-electron chi connectivity index (χ4n) is 0.486. The van der Waals surface area contributed by atoms with Gasteiger partial charge in [0, 0.05) is 0 Å². The van der Waals surface area contributed by atoms with Crippen LogP contribution in [0.1, 0.15) is 13.8 Å². The van der Waals surface area contributed by atoms with Gasteiger partial charge in [-0.1, -0.05) is 0 Å². The maximum absolute atomic E-state index is 10.7. The van der Waals surface area contributed by atoms with Crippen LogP contribution in [0.25, 0.3) is 0 Å². The van der Waals surface area contributed by atoms with Crippen molar-refractivity contribution in [3.63, 3.8) is 0 Å². The minimum atomic E-state index is -4.79. The van der Waals surface area contributed by atoms with Gasteiger partial charge < -0.3 is 18.8 Å². The topological polar surface area (TPSA) is 108 Å². The lowest BCUT2D eigenvalue weighted by atomic mass is 10.9. The Hall–Kier alpha value is 0.260. The zero-order valence-electron chi connectivity index (χ0n) is 7.17. The molecule has 7 nitrogen and oxygen atoms in total. The van der Waals surface area contributed by atoms with E-state index in [0.717, 1.165) is 0 Å². The van der Waals surface area contributed by atoms with Gasteiger partial charge in [0.25, 0.3) is 15.6 Å². The molecule has 2 unspecified atom stereocenters. The van der Waals surface area contributed by atoms with E-state index >= 15 is 0 Å². The summed E-state index contributed by atoms with van der Waals surface area (Å²) in [5, 5.41) is 0. The molecule has 0 radical (unpaired) electrons. The van der Waals surface area contributed by atoms with Gasteiger partial charge in [0.2, 0.25) is 0 Å². The molecule has 2 atom stereocenters. The molecule has 0 heterocycles. The first-order chi connectivity index (χ1) is 5.83. The Morgan fingerprint density at radius 3 is 1.54 bits per heavy atom. The molecule has 0 aliphatic rings. The molecule has 9 heteroatoms. The van der Waals surface area contributed by atoms with E-state index in [4.69, 9.17) is 0 Å². The van der Waals surface area contributed by atoms with Crippen LogP contribution in [0, 0.1) is 0 Å². The van der Waals surface area contributed by atoms with Crippen molar-refractivity contribution >= 4 is 15.6 Å². The molecule has 0 amide bonds. The SMILES string of the molecule is CCOP(=O)([O-])OP(=O)([O-])OCC. The first-order valence-corrected chi connectivity index (χ1v) is 6.37. The highest BCUT2D eigenvalue weighted by atomic mass is 31.3. The number of phosphoric acid groups is 2. The molecule has 13 heavy (non-hydrogen) atoms. The van der Waals surface area contributed by atoms with E-state index in [1.165, 1.54) is 13.8 Å². The summed E-state index contributed by atoms with van der Waals surface area (Å²) >= 11 is 0. The van der Waals surface area contributed by atoms with Gasteiger partial charge in [-0.15, -0.1) is 0 Å². The molecule has 0 aliphatic carbocycles. The summed E-state index contributed by atoms with van der Waals surface area (Å²) in [6.45, 7) is 2.36. The fourth-order valence-corrected chi connectivity index (χ4v) is 2.48. The van der Waals surface area contributed by atoms with Crippen molar-refractivity contribution in [2.75, 3.05) is 13.2 Å². The summed E-state index contributed by atoms with van der Waals surface area (Å²) in [6.07, 6.45) is 0. The monoisotopic (exact) mass is 232 g/mol. The summed E-state index contributed by atoms with van der Waals surface area (Å²) < 4.78 is 33.0. The van der Waals surface area contributed by atoms with E-state index in [1.54, 1.807) is 0 Å². The number of phosphoric ester groups is 2. The van der Waals surface area contributed by atoms with Crippen LogP contribution in [0.4, 0.5) is 0 Å². The van der Waals surface area contributed by atoms with Gasteiger partial charge in [-0.25, -0.2) is 4.31 Å². The second-order valence-corrected chi connectivity index (χ2v) is 4.77. The van der Waals surface area contributed by atoms with Crippen LogP contribution < -0.4 is 9.79 Å². The summed E-state index contributed by atoms with van der Waals surface area (Å²) in [5.41, 5.74) is 0. The lowest BCUT2D eigenvalue weighted by Gasteiger charge is -2.29. The Bertz CT molecular complexity index is 215. The summed E-state index contributed by atoms with van der Waals surface area (Å²) in [7, 11) is -9.59. The van der Waals surface area contributed by atoms with Gasteiger partial charge in [0.15, 0.2) is 0 Å². The minimum absolute atomic E-state index is 0.201. The second-order valence-electron chi connectivity index (χ2n) is 1.81. The minimum Gasteiger partial charge on any atom is -0.756 e. The van der Waals surface area contributed by atoms with Crippen LogP contribution >= 0.6 is 15.6 Å². The third-order valence-corrected chi connectivity index (χ3v) is 3.52. The molecule has 80 valence electrons. The predicted octanol–water partition coefficient (Wildman–Crippen LogP) is 0.0128. The molecule has 0 aliphatic heterocycles. The van der Waals surface area contributed by atoms with E-state index in [2.05, 4.69) is 13.4 Å². The van der Waals surface area contributed by atoms with Crippen molar-refractivity contribution in [2.24, 2.45) is 0 Å². The molecule has 0 saturated carbocycles. The maximum Gasteiger partial charge on any atom is 0.274 e. The van der Waals surface area contributed by atoms with Gasteiger partial charge in [-0.3, -0.25) is 9.13 Å². The van der Waals surface area contributed by atoms with Gasteiger partial charge >= 0.3 is 0 Å². The Balaban J connectivity index is 4.25. The first-order valence-electron chi connectivity index (χ1n) is 3.45. The Labute approximate surface area is 75.9 Å². The number of hydrogen-bond donors (Lipinski definition) is 0. The number of rotatable bonds is 6. The van der Waals surface area contributed by atoms with E-state index in [1.807, 2.05) is 0 Å². The zero-order chi connectivity index (χ0) is 10.5. The normalized spacial score (nSPS) is 20.6. The molecule has 0 bridgehead atoms. The average Bonchev–Trinajstić information content (AvgIpc) is 1.82. The highest BCUT2D eigenvalue weighted by Gasteiger charge is 2.18. The molecule has 0 rings (SSSR count). The summed E-state index contributed by atoms with van der Waals surface area (Å²) in [4.78, 5) is 21.3. The van der Waals surface area contributed by atoms with E-state index in [0.29, 0.717) is 0 Å². The van der Waals surface area contributed by atoms with Gasteiger partial charge in [-0.05, 0) is 13.8 Å². The van der Waals surface area contributed by atoms with Gasteiger partial charge in [0.05, 0.1) is 13.2 Å². The largest absolute Gasteiger partial charge is 0.756 e. The molecular formula is C4H10O7P2-2. The molecule has 0 fully saturated rings. The van der Waals surface area contributed by atoms with Crippen LogP contribution in [0.2, 0.25) is 0 Å². The molecule has 0 aromatic heterocycles. The Morgan fingerprint density at radius 1 is 1.00 bits per heavy atom. The third-order valence-electron chi connectivity index (χ3n) is 0.774. The van der Waals surface area contributed by atoms with Gasteiger partial charge in [-0.2, -0.15) is 0 Å². The zero-order valence-corrected chi connectivity index (χ0v) is 8.96. The Kier molecular flexibility index (Phi) is 5.32. The van der Waals surface area contributed by atoms with Crippen LogP contribution in [-0.4, -0.2) is 13.2 Å². The van der Waals surface area contributed by atoms with E-state index in [-0.39, 0.29) is 13.2 Å². The fraction of sp³-hybridized carbons (Fsp3) is 1.00. The molecule has 0 saturated heterocycles. The number of hydrogen-bond acceptors (Lipinski definition) is 7. The molecular weight excluding hydrogens is 222 g/mol. The summed E-state index contributed by atoms with van der Waals surface area (Å²) in [5.74, 6) is 0. The van der Waals surface area contributed by atoms with E-state index in [9.17, 15) is 18.9 Å². The van der Waals surface area contributed by atoms with Crippen molar-refractivity contribution in [2.45, 2.75) is 13.8 Å². The van der Waals surface area contributed by atoms with Gasteiger partial charge in [0.1, 0.15) is 0 Å². The molecule has 0 spiro atoms. The average molecular weight is 232 g/mol.